The molecule has 1 aliphatic rings. The summed E-state index contributed by atoms with van der Waals surface area (Å²) >= 11 is 1.84. The van der Waals surface area contributed by atoms with Gasteiger partial charge in [-0.3, -0.25) is 9.44 Å². The summed E-state index contributed by atoms with van der Waals surface area (Å²) in [7, 11) is -3.22. The van der Waals surface area contributed by atoms with Gasteiger partial charge in [0.05, 0.1) is 6.26 Å². The largest absolute Gasteiger partial charge is 0.385 e. The standard InChI is InChI=1S/C18H31N3O2S2/c1-18(2,3)24-20-16-7-5-14(6-8-16)13-19-15-9-11-17(12-10-15)21-25(4,22)23/h9-12,14,16,19-21H,5-8,13H2,1-4H3/t14-,16-. The number of anilines is 2. The highest BCUT2D eigenvalue weighted by atomic mass is 32.2. The van der Waals surface area contributed by atoms with Crippen LogP contribution in [0.1, 0.15) is 46.5 Å². The van der Waals surface area contributed by atoms with Crippen LogP contribution >= 0.6 is 11.9 Å². The molecule has 1 fully saturated rings. The normalized spacial score (nSPS) is 21.8. The van der Waals surface area contributed by atoms with E-state index in [9.17, 15) is 8.42 Å². The van der Waals surface area contributed by atoms with Crippen molar-refractivity contribution in [3.63, 3.8) is 0 Å². The first-order chi connectivity index (χ1) is 11.6. The zero-order valence-corrected chi connectivity index (χ0v) is 17.3. The third-order valence-corrected chi connectivity index (χ3v) is 5.83. The Morgan fingerprint density at radius 1 is 1.04 bits per heavy atom. The molecule has 0 aromatic heterocycles. The number of nitrogens with one attached hydrogen (secondary N) is 3. The number of sulfonamides is 1. The van der Waals surface area contributed by atoms with E-state index in [1.54, 1.807) is 12.1 Å². The Morgan fingerprint density at radius 3 is 2.12 bits per heavy atom. The lowest BCUT2D eigenvalue weighted by Gasteiger charge is -2.31. The molecule has 142 valence electrons. The van der Waals surface area contributed by atoms with Crippen LogP contribution in [0, 0.1) is 5.92 Å². The highest BCUT2D eigenvalue weighted by Crippen LogP contribution is 2.28. The Hall–Kier alpha value is -0.920. The van der Waals surface area contributed by atoms with E-state index in [0.29, 0.717) is 17.6 Å². The monoisotopic (exact) mass is 385 g/mol. The van der Waals surface area contributed by atoms with Gasteiger partial charge >= 0.3 is 0 Å². The molecule has 25 heavy (non-hydrogen) atoms. The number of hydrogen-bond donors (Lipinski definition) is 3. The average Bonchev–Trinajstić information content (AvgIpc) is 2.51. The molecule has 0 radical (unpaired) electrons. The van der Waals surface area contributed by atoms with Crippen molar-refractivity contribution in [2.45, 2.75) is 57.2 Å². The third kappa shape index (κ3) is 8.33. The van der Waals surface area contributed by atoms with Crippen molar-refractivity contribution in [2.75, 3.05) is 22.8 Å². The van der Waals surface area contributed by atoms with Gasteiger partial charge in [-0.1, -0.05) is 11.9 Å². The molecule has 0 spiro atoms. The Labute approximate surface area is 156 Å². The van der Waals surface area contributed by atoms with Gasteiger partial charge in [0.1, 0.15) is 0 Å². The van der Waals surface area contributed by atoms with Crippen molar-refractivity contribution in [3.05, 3.63) is 24.3 Å². The molecule has 1 saturated carbocycles. The minimum Gasteiger partial charge on any atom is -0.385 e. The van der Waals surface area contributed by atoms with Gasteiger partial charge in [0.25, 0.3) is 0 Å². The minimum absolute atomic E-state index is 0.260. The molecular formula is C18H31N3O2S2. The van der Waals surface area contributed by atoms with Gasteiger partial charge < -0.3 is 5.32 Å². The Kier molecular flexibility index (Phi) is 7.05. The summed E-state index contributed by atoms with van der Waals surface area (Å²) < 4.78 is 28.8. The smallest absolute Gasteiger partial charge is 0.229 e. The molecule has 0 saturated heterocycles. The molecule has 1 aromatic rings. The fourth-order valence-corrected chi connectivity index (χ4v) is 4.20. The van der Waals surface area contributed by atoms with Crippen LogP contribution in [0.25, 0.3) is 0 Å². The molecule has 0 atom stereocenters. The van der Waals surface area contributed by atoms with Crippen LogP contribution in [0.2, 0.25) is 0 Å². The van der Waals surface area contributed by atoms with Gasteiger partial charge in [-0.2, -0.15) is 0 Å². The predicted octanol–water partition coefficient (Wildman–Crippen LogP) is 4.07. The summed E-state index contributed by atoms with van der Waals surface area (Å²) in [4.78, 5) is 0. The number of hydrogen-bond acceptors (Lipinski definition) is 5. The lowest BCUT2D eigenvalue weighted by molar-refractivity contribution is 0.328. The fraction of sp³-hybridized carbons (Fsp3) is 0.667. The summed E-state index contributed by atoms with van der Waals surface area (Å²) in [6, 6.07) is 8.03. The first-order valence-electron chi connectivity index (χ1n) is 8.86. The van der Waals surface area contributed by atoms with Crippen molar-refractivity contribution in [2.24, 2.45) is 5.92 Å². The van der Waals surface area contributed by atoms with Gasteiger partial charge in [-0.05, 0) is 76.6 Å². The van der Waals surface area contributed by atoms with Crippen LogP contribution in [-0.2, 0) is 10.0 Å². The summed E-state index contributed by atoms with van der Waals surface area (Å²) in [5.41, 5.74) is 1.62. The van der Waals surface area contributed by atoms with E-state index >= 15 is 0 Å². The van der Waals surface area contributed by atoms with Crippen molar-refractivity contribution < 1.29 is 8.42 Å². The highest BCUT2D eigenvalue weighted by molar-refractivity contribution is 7.98. The molecule has 5 nitrogen and oxygen atoms in total. The molecule has 0 bridgehead atoms. The van der Waals surface area contributed by atoms with E-state index in [4.69, 9.17) is 0 Å². The first kappa shape index (κ1) is 20.4. The van der Waals surface area contributed by atoms with Crippen molar-refractivity contribution in [1.82, 2.24) is 4.72 Å². The molecule has 0 aliphatic heterocycles. The van der Waals surface area contributed by atoms with Gasteiger partial charge in [-0.15, -0.1) is 0 Å². The van der Waals surface area contributed by atoms with Crippen molar-refractivity contribution in [3.8, 4) is 0 Å². The van der Waals surface area contributed by atoms with E-state index in [2.05, 4.69) is 35.5 Å². The highest BCUT2D eigenvalue weighted by Gasteiger charge is 2.22. The second-order valence-corrected chi connectivity index (χ2v) is 11.3. The second-order valence-electron chi connectivity index (χ2n) is 7.88. The lowest BCUT2D eigenvalue weighted by atomic mass is 9.86. The maximum absolute atomic E-state index is 11.2. The molecule has 1 aromatic carbocycles. The summed E-state index contributed by atoms with van der Waals surface area (Å²) in [6.07, 6.45) is 6.09. The fourth-order valence-electron chi connectivity index (χ4n) is 2.88. The number of benzene rings is 1. The topological polar surface area (TPSA) is 70.2 Å². The summed E-state index contributed by atoms with van der Waals surface area (Å²) in [6.45, 7) is 7.67. The molecule has 3 N–H and O–H groups in total. The first-order valence-corrected chi connectivity index (χ1v) is 11.6. The molecule has 0 unspecified atom stereocenters. The maximum atomic E-state index is 11.2. The summed E-state index contributed by atoms with van der Waals surface area (Å²) in [5.74, 6) is 0.700. The molecule has 2 rings (SSSR count). The van der Waals surface area contributed by atoms with E-state index in [0.717, 1.165) is 18.5 Å². The third-order valence-electron chi connectivity index (χ3n) is 4.16. The Bertz CT molecular complexity index is 631. The van der Waals surface area contributed by atoms with Gasteiger partial charge in [-0.25, -0.2) is 8.42 Å². The van der Waals surface area contributed by atoms with Crippen LogP contribution in [0.15, 0.2) is 24.3 Å². The molecule has 0 amide bonds. The van der Waals surface area contributed by atoms with Crippen LogP contribution in [0.3, 0.4) is 0 Å². The molecule has 7 heteroatoms. The van der Waals surface area contributed by atoms with E-state index in [-0.39, 0.29) is 4.75 Å². The lowest BCUT2D eigenvalue weighted by Crippen LogP contribution is -2.33. The number of rotatable bonds is 7. The van der Waals surface area contributed by atoms with Gasteiger partial charge in [0.15, 0.2) is 0 Å². The molecule has 1 aliphatic carbocycles. The molecular weight excluding hydrogens is 354 g/mol. The van der Waals surface area contributed by atoms with E-state index in [1.165, 1.54) is 25.7 Å². The van der Waals surface area contributed by atoms with E-state index < -0.39 is 10.0 Å². The van der Waals surface area contributed by atoms with Gasteiger partial charge in [0.2, 0.25) is 10.0 Å². The molecule has 0 heterocycles. The quantitative estimate of drug-likeness (QED) is 0.617. The average molecular weight is 386 g/mol. The minimum atomic E-state index is -3.22. The SMILES string of the molecule is CC(C)(C)SN[C@H]1CC[C@H](CNc2ccc(NS(C)(=O)=O)cc2)CC1. The van der Waals surface area contributed by atoms with Crippen LogP contribution in [-0.4, -0.2) is 32.0 Å². The van der Waals surface area contributed by atoms with Crippen LogP contribution < -0.4 is 14.8 Å². The second kappa shape index (κ2) is 8.64. The zero-order chi connectivity index (χ0) is 18.5. The predicted molar refractivity (Wildman–Crippen MR) is 110 cm³/mol. The van der Waals surface area contributed by atoms with Crippen molar-refractivity contribution >= 4 is 33.3 Å². The van der Waals surface area contributed by atoms with Crippen LogP contribution in [0.5, 0.6) is 0 Å². The Balaban J connectivity index is 1.70. The van der Waals surface area contributed by atoms with Gasteiger partial charge in [0, 0.05) is 28.7 Å². The zero-order valence-electron chi connectivity index (χ0n) is 15.6. The maximum Gasteiger partial charge on any atom is 0.229 e. The van der Waals surface area contributed by atoms with Crippen LogP contribution in [0.4, 0.5) is 11.4 Å². The van der Waals surface area contributed by atoms with E-state index in [1.807, 2.05) is 24.1 Å². The van der Waals surface area contributed by atoms with Crippen molar-refractivity contribution in [1.29, 1.82) is 0 Å². The Morgan fingerprint density at radius 2 is 1.60 bits per heavy atom. The summed E-state index contributed by atoms with van der Waals surface area (Å²) in [5, 5.41) is 3.47.